The lowest BCUT2D eigenvalue weighted by molar-refractivity contribution is -0.151. The lowest BCUT2D eigenvalue weighted by atomic mass is 10.1. The first-order valence-corrected chi connectivity index (χ1v) is 9.80. The fraction of sp³-hybridized carbons (Fsp3) is 0.750. The molecule has 0 saturated carbocycles. The Balaban J connectivity index is 2.43. The van der Waals surface area contributed by atoms with Gasteiger partial charge >= 0.3 is 11.9 Å². The molecule has 148 valence electrons. The second kappa shape index (κ2) is 13.4. The van der Waals surface area contributed by atoms with E-state index in [-0.39, 0.29) is 6.42 Å². The van der Waals surface area contributed by atoms with Crippen LogP contribution in [0.3, 0.4) is 0 Å². The molecular formula is C20H34N2O4. The highest BCUT2D eigenvalue weighted by molar-refractivity contribution is 5.81. The molecule has 1 rings (SSSR count). The summed E-state index contributed by atoms with van der Waals surface area (Å²) in [5.74, 6) is -0.0860. The van der Waals surface area contributed by atoms with Crippen molar-refractivity contribution in [1.82, 2.24) is 9.55 Å². The maximum atomic E-state index is 12.1. The molecule has 1 atom stereocenters. The number of ether oxygens (including phenoxy) is 2. The van der Waals surface area contributed by atoms with Crippen LogP contribution in [0.5, 0.6) is 0 Å². The first kappa shape index (κ1) is 22.2. The van der Waals surface area contributed by atoms with Gasteiger partial charge in [-0.15, -0.1) is 0 Å². The number of unbranched alkanes of at least 4 members (excludes halogenated alkanes) is 8. The standard InChI is InChI=1S/C20H34N2O4/c1-4-5-6-7-8-9-10-11-12-13-18-21-14-15-22(18)17(20(24)26-3)16-19(23)25-2/h14-15,17H,4-13,16H2,1-3H3. The summed E-state index contributed by atoms with van der Waals surface area (Å²) in [5.41, 5.74) is 0. The van der Waals surface area contributed by atoms with Crippen LogP contribution in [0.4, 0.5) is 0 Å². The maximum Gasteiger partial charge on any atom is 0.329 e. The summed E-state index contributed by atoms with van der Waals surface area (Å²) in [6.45, 7) is 2.24. The van der Waals surface area contributed by atoms with Gasteiger partial charge in [0.25, 0.3) is 0 Å². The molecule has 0 N–H and O–H groups in total. The highest BCUT2D eigenvalue weighted by atomic mass is 16.5. The number of aryl methyl sites for hydroxylation is 1. The Kier molecular flexibility index (Phi) is 11.4. The summed E-state index contributed by atoms with van der Waals surface area (Å²) in [4.78, 5) is 28.0. The van der Waals surface area contributed by atoms with Gasteiger partial charge in [-0.25, -0.2) is 9.78 Å². The maximum absolute atomic E-state index is 12.1. The summed E-state index contributed by atoms with van der Waals surface area (Å²) >= 11 is 0. The van der Waals surface area contributed by atoms with Gasteiger partial charge in [-0.1, -0.05) is 58.3 Å². The SMILES string of the molecule is CCCCCCCCCCCc1nccn1C(CC(=O)OC)C(=O)OC. The van der Waals surface area contributed by atoms with Gasteiger partial charge in [-0.05, 0) is 6.42 Å². The summed E-state index contributed by atoms with van der Waals surface area (Å²) in [6.07, 6.45) is 15.5. The van der Waals surface area contributed by atoms with Crippen molar-refractivity contribution in [2.24, 2.45) is 0 Å². The monoisotopic (exact) mass is 366 g/mol. The van der Waals surface area contributed by atoms with Crippen LogP contribution in [0.1, 0.15) is 83.0 Å². The van der Waals surface area contributed by atoms with Gasteiger partial charge in [-0.3, -0.25) is 4.79 Å². The molecule has 0 amide bonds. The zero-order valence-electron chi connectivity index (χ0n) is 16.5. The van der Waals surface area contributed by atoms with E-state index in [1.807, 2.05) is 0 Å². The van der Waals surface area contributed by atoms with E-state index in [0.717, 1.165) is 25.1 Å². The Morgan fingerprint density at radius 1 is 1.00 bits per heavy atom. The molecule has 1 aromatic rings. The van der Waals surface area contributed by atoms with Crippen LogP contribution < -0.4 is 0 Å². The quantitative estimate of drug-likeness (QED) is 0.364. The normalized spacial score (nSPS) is 12.0. The molecule has 0 aliphatic heterocycles. The second-order valence-corrected chi connectivity index (χ2v) is 6.65. The van der Waals surface area contributed by atoms with Gasteiger partial charge in [0, 0.05) is 18.8 Å². The van der Waals surface area contributed by atoms with Gasteiger partial charge < -0.3 is 14.0 Å². The second-order valence-electron chi connectivity index (χ2n) is 6.65. The highest BCUT2D eigenvalue weighted by Gasteiger charge is 2.26. The number of nitrogens with zero attached hydrogens (tertiary/aromatic N) is 2. The van der Waals surface area contributed by atoms with E-state index >= 15 is 0 Å². The largest absolute Gasteiger partial charge is 0.469 e. The molecule has 0 aromatic carbocycles. The molecule has 0 radical (unpaired) electrons. The molecule has 6 heteroatoms. The zero-order valence-corrected chi connectivity index (χ0v) is 16.5. The zero-order chi connectivity index (χ0) is 19.2. The summed E-state index contributed by atoms with van der Waals surface area (Å²) in [6, 6.07) is -0.719. The van der Waals surface area contributed by atoms with E-state index in [0.29, 0.717) is 0 Å². The third kappa shape index (κ3) is 8.02. The van der Waals surface area contributed by atoms with Gasteiger partial charge in [0.2, 0.25) is 0 Å². The van der Waals surface area contributed by atoms with Gasteiger partial charge in [0.15, 0.2) is 0 Å². The lowest BCUT2D eigenvalue weighted by Gasteiger charge is -2.17. The van der Waals surface area contributed by atoms with Crippen LogP contribution in [-0.2, 0) is 25.5 Å². The van der Waals surface area contributed by atoms with E-state index in [1.165, 1.54) is 59.2 Å². The molecule has 1 unspecified atom stereocenters. The third-order valence-corrected chi connectivity index (χ3v) is 4.65. The minimum atomic E-state index is -0.719. The number of aromatic nitrogens is 2. The smallest absolute Gasteiger partial charge is 0.329 e. The lowest BCUT2D eigenvalue weighted by Crippen LogP contribution is -2.25. The van der Waals surface area contributed by atoms with E-state index in [2.05, 4.69) is 11.9 Å². The number of rotatable bonds is 14. The molecule has 0 bridgehead atoms. The molecule has 1 heterocycles. The van der Waals surface area contributed by atoms with Crippen LogP contribution >= 0.6 is 0 Å². The summed E-state index contributed by atoms with van der Waals surface area (Å²) in [7, 11) is 2.64. The minimum absolute atomic E-state index is 0.0513. The molecular weight excluding hydrogens is 332 g/mol. The predicted octanol–water partition coefficient (Wildman–Crippen LogP) is 4.23. The van der Waals surface area contributed by atoms with Crippen molar-refractivity contribution < 1.29 is 19.1 Å². The molecule has 1 aromatic heterocycles. The van der Waals surface area contributed by atoms with Crippen molar-refractivity contribution in [2.45, 2.75) is 83.6 Å². The van der Waals surface area contributed by atoms with Crippen LogP contribution in [0.2, 0.25) is 0 Å². The Bertz CT molecular complexity index is 528. The highest BCUT2D eigenvalue weighted by Crippen LogP contribution is 2.19. The fourth-order valence-corrected chi connectivity index (χ4v) is 3.09. The summed E-state index contributed by atoms with van der Waals surface area (Å²) in [5, 5.41) is 0. The van der Waals surface area contributed by atoms with E-state index in [1.54, 1.807) is 17.0 Å². The van der Waals surface area contributed by atoms with Crippen LogP contribution in [0, 0.1) is 0 Å². The van der Waals surface area contributed by atoms with Crippen LogP contribution in [-0.4, -0.2) is 35.7 Å². The number of hydrogen-bond acceptors (Lipinski definition) is 5. The average molecular weight is 367 g/mol. The average Bonchev–Trinajstić information content (AvgIpc) is 3.12. The number of methoxy groups -OCH3 is 2. The van der Waals surface area contributed by atoms with E-state index in [9.17, 15) is 9.59 Å². The van der Waals surface area contributed by atoms with Crippen molar-refractivity contribution in [3.05, 3.63) is 18.2 Å². The first-order chi connectivity index (χ1) is 12.6. The molecule has 0 aliphatic rings. The minimum Gasteiger partial charge on any atom is -0.469 e. The molecule has 0 spiro atoms. The Labute approximate surface area is 157 Å². The molecule has 6 nitrogen and oxygen atoms in total. The third-order valence-electron chi connectivity index (χ3n) is 4.65. The molecule has 0 fully saturated rings. The molecule has 0 aliphatic carbocycles. The molecule has 26 heavy (non-hydrogen) atoms. The van der Waals surface area contributed by atoms with Gasteiger partial charge in [-0.2, -0.15) is 0 Å². The first-order valence-electron chi connectivity index (χ1n) is 9.80. The van der Waals surface area contributed by atoms with Crippen LogP contribution in [0.15, 0.2) is 12.4 Å². The van der Waals surface area contributed by atoms with Crippen LogP contribution in [0.25, 0.3) is 0 Å². The van der Waals surface area contributed by atoms with Crippen molar-refractivity contribution in [1.29, 1.82) is 0 Å². The number of esters is 2. The molecule has 0 saturated heterocycles. The fourth-order valence-electron chi connectivity index (χ4n) is 3.09. The Morgan fingerprint density at radius 3 is 2.19 bits per heavy atom. The topological polar surface area (TPSA) is 70.4 Å². The van der Waals surface area contributed by atoms with Crippen molar-refractivity contribution in [3.63, 3.8) is 0 Å². The van der Waals surface area contributed by atoms with Crippen molar-refractivity contribution in [3.8, 4) is 0 Å². The number of carbonyl (C=O) groups excluding carboxylic acids is 2. The van der Waals surface area contributed by atoms with Crippen molar-refractivity contribution in [2.75, 3.05) is 14.2 Å². The number of carbonyl (C=O) groups is 2. The van der Waals surface area contributed by atoms with Gasteiger partial charge in [0.1, 0.15) is 11.9 Å². The van der Waals surface area contributed by atoms with Gasteiger partial charge in [0.05, 0.1) is 20.6 Å². The van der Waals surface area contributed by atoms with E-state index in [4.69, 9.17) is 9.47 Å². The number of imidazole rings is 1. The Morgan fingerprint density at radius 2 is 1.62 bits per heavy atom. The Hall–Kier alpha value is -1.85. The number of hydrogen-bond donors (Lipinski definition) is 0. The van der Waals surface area contributed by atoms with E-state index < -0.39 is 18.0 Å². The predicted molar refractivity (Wildman–Crippen MR) is 101 cm³/mol. The van der Waals surface area contributed by atoms with Crippen molar-refractivity contribution >= 4 is 11.9 Å². The summed E-state index contributed by atoms with van der Waals surface area (Å²) < 4.78 is 11.3.